The molecule has 4 heterocycles. The van der Waals surface area contributed by atoms with Crippen molar-refractivity contribution in [2.75, 3.05) is 6.54 Å². The second kappa shape index (κ2) is 7.74. The molecule has 0 spiro atoms. The van der Waals surface area contributed by atoms with Crippen LogP contribution in [0, 0.1) is 5.82 Å². The van der Waals surface area contributed by atoms with Gasteiger partial charge in [-0.2, -0.15) is 0 Å². The van der Waals surface area contributed by atoms with Gasteiger partial charge in [-0.3, -0.25) is 4.68 Å². The molecule has 7 heteroatoms. The van der Waals surface area contributed by atoms with Gasteiger partial charge in [-0.25, -0.2) is 18.7 Å². The Morgan fingerprint density at radius 3 is 2.87 bits per heavy atom. The molecule has 158 valence electrons. The second-order valence-corrected chi connectivity index (χ2v) is 8.27. The van der Waals surface area contributed by atoms with Crippen LogP contribution in [0.3, 0.4) is 0 Å². The predicted molar refractivity (Wildman–Crippen MR) is 117 cm³/mol. The number of benzene rings is 1. The van der Waals surface area contributed by atoms with E-state index in [-0.39, 0.29) is 16.3 Å². The van der Waals surface area contributed by atoms with Gasteiger partial charge in [0.25, 0.3) is 5.82 Å². The number of furan rings is 1. The molecule has 0 N–H and O–H groups in total. The van der Waals surface area contributed by atoms with E-state index < -0.39 is 0 Å². The highest BCUT2D eigenvalue weighted by Crippen LogP contribution is 2.39. The number of fused-ring (bicyclic) bond motifs is 1. The zero-order valence-electron chi connectivity index (χ0n) is 17.4. The fraction of sp³-hybridized carbons (Fsp3) is 0.292. The average Bonchev–Trinajstić information content (AvgIpc) is 3.38. The van der Waals surface area contributed by atoms with Crippen molar-refractivity contribution in [2.45, 2.75) is 31.7 Å². The third-order valence-electron chi connectivity index (χ3n) is 6.30. The fourth-order valence-electron chi connectivity index (χ4n) is 4.77. The van der Waals surface area contributed by atoms with E-state index in [2.05, 4.69) is 4.98 Å². The van der Waals surface area contributed by atoms with E-state index in [0.29, 0.717) is 24.5 Å². The number of rotatable bonds is 5. The monoisotopic (exact) mass is 419 g/mol. The first-order valence-electron chi connectivity index (χ1n) is 10.6. The summed E-state index contributed by atoms with van der Waals surface area (Å²) in [6.07, 6.45) is 8.15. The minimum absolute atomic E-state index is 0.000843. The summed E-state index contributed by atoms with van der Waals surface area (Å²) in [6.45, 7) is 0.678. The van der Waals surface area contributed by atoms with Crippen LogP contribution < -0.4 is 4.48 Å². The molecule has 0 radical (unpaired) electrons. The maximum atomic E-state index is 13.5. The van der Waals surface area contributed by atoms with Gasteiger partial charge in [0.2, 0.25) is 5.71 Å². The SMILES string of the molecule is Cn1cc(-c2ccc(F)cc2)c([N+]2(C=O)CCCCC2Cc2cc3cccnc3o2)n1. The minimum Gasteiger partial charge on any atom is -0.443 e. The smallest absolute Gasteiger partial charge is 0.308 e. The zero-order valence-corrected chi connectivity index (χ0v) is 17.4. The summed E-state index contributed by atoms with van der Waals surface area (Å²) in [5, 5.41) is 5.69. The Balaban J connectivity index is 1.57. The van der Waals surface area contributed by atoms with Crippen LogP contribution in [0.1, 0.15) is 25.0 Å². The van der Waals surface area contributed by atoms with E-state index in [1.165, 1.54) is 12.1 Å². The molecule has 3 aromatic heterocycles. The lowest BCUT2D eigenvalue weighted by Crippen LogP contribution is -2.60. The topological polar surface area (TPSA) is 60.9 Å². The van der Waals surface area contributed by atoms with Crippen LogP contribution in [0.25, 0.3) is 22.2 Å². The van der Waals surface area contributed by atoms with Gasteiger partial charge in [-0.15, -0.1) is 5.10 Å². The lowest BCUT2D eigenvalue weighted by Gasteiger charge is -2.40. The van der Waals surface area contributed by atoms with Crippen molar-refractivity contribution < 1.29 is 13.6 Å². The van der Waals surface area contributed by atoms with Gasteiger partial charge >= 0.3 is 6.41 Å². The number of hydrogen-bond donors (Lipinski definition) is 0. The number of carbonyl (C=O) groups is 1. The average molecular weight is 419 g/mol. The Morgan fingerprint density at radius 2 is 2.10 bits per heavy atom. The quantitative estimate of drug-likeness (QED) is 0.350. The fourth-order valence-corrected chi connectivity index (χ4v) is 4.77. The Labute approximate surface area is 179 Å². The van der Waals surface area contributed by atoms with E-state index >= 15 is 0 Å². The summed E-state index contributed by atoms with van der Waals surface area (Å²) in [4.78, 5) is 17.0. The summed E-state index contributed by atoms with van der Waals surface area (Å²) in [5.74, 6) is 1.25. The van der Waals surface area contributed by atoms with Gasteiger partial charge in [-0.05, 0) is 48.7 Å². The van der Waals surface area contributed by atoms with Gasteiger partial charge in [0.1, 0.15) is 17.6 Å². The van der Waals surface area contributed by atoms with E-state index in [4.69, 9.17) is 9.52 Å². The van der Waals surface area contributed by atoms with E-state index in [1.807, 2.05) is 31.4 Å². The summed E-state index contributed by atoms with van der Waals surface area (Å²) < 4.78 is 21.3. The van der Waals surface area contributed by atoms with Gasteiger partial charge < -0.3 is 4.42 Å². The van der Waals surface area contributed by atoms with Crippen molar-refractivity contribution in [3.8, 4) is 11.1 Å². The Kier molecular flexibility index (Phi) is 4.90. The molecule has 1 saturated heterocycles. The number of aryl methyl sites for hydroxylation is 1. The maximum Gasteiger partial charge on any atom is 0.308 e. The van der Waals surface area contributed by atoms with E-state index in [9.17, 15) is 9.18 Å². The first-order valence-corrected chi connectivity index (χ1v) is 10.6. The Bertz CT molecular complexity index is 1200. The number of quaternary nitrogens is 1. The van der Waals surface area contributed by atoms with Crippen LogP contribution in [0.2, 0.25) is 0 Å². The molecular formula is C24H24FN4O2+. The van der Waals surface area contributed by atoms with Crippen LogP contribution in [0.15, 0.2) is 59.3 Å². The number of hydrogen-bond acceptors (Lipinski definition) is 4. The molecule has 4 aromatic rings. The Hall–Kier alpha value is -3.32. The number of amides is 1. The molecule has 1 aromatic carbocycles. The number of carbonyl (C=O) groups excluding carboxylic acids is 1. The van der Waals surface area contributed by atoms with E-state index in [1.54, 1.807) is 23.0 Å². The summed E-state index contributed by atoms with van der Waals surface area (Å²) in [6, 6.07) is 12.2. The predicted octanol–water partition coefficient (Wildman–Crippen LogP) is 4.63. The molecule has 2 unspecified atom stereocenters. The van der Waals surface area contributed by atoms with Crippen LogP contribution in [0.5, 0.6) is 0 Å². The molecule has 1 amide bonds. The van der Waals surface area contributed by atoms with Gasteiger partial charge in [0.05, 0.1) is 18.5 Å². The van der Waals surface area contributed by atoms with Gasteiger partial charge in [0, 0.05) is 31.2 Å². The van der Waals surface area contributed by atoms with Crippen LogP contribution in [-0.2, 0) is 18.3 Å². The first kappa shape index (κ1) is 19.6. The number of pyridine rings is 1. The van der Waals surface area contributed by atoms with Crippen molar-refractivity contribution in [3.63, 3.8) is 0 Å². The lowest BCUT2D eigenvalue weighted by atomic mass is 9.94. The molecular weight excluding hydrogens is 395 g/mol. The highest BCUT2D eigenvalue weighted by molar-refractivity contribution is 5.82. The number of piperidine rings is 1. The van der Waals surface area contributed by atoms with Gasteiger partial charge in [-0.1, -0.05) is 12.1 Å². The largest absolute Gasteiger partial charge is 0.443 e. The van der Waals surface area contributed by atoms with Crippen molar-refractivity contribution in [3.05, 3.63) is 66.4 Å². The minimum atomic E-state index is -0.289. The van der Waals surface area contributed by atoms with Crippen molar-refractivity contribution in [2.24, 2.45) is 7.05 Å². The van der Waals surface area contributed by atoms with Crippen molar-refractivity contribution in [1.82, 2.24) is 19.2 Å². The van der Waals surface area contributed by atoms with Crippen LogP contribution in [0.4, 0.5) is 10.2 Å². The molecule has 2 atom stereocenters. The Morgan fingerprint density at radius 1 is 1.26 bits per heavy atom. The van der Waals surface area contributed by atoms with Gasteiger partial charge in [0.15, 0.2) is 0 Å². The van der Waals surface area contributed by atoms with E-state index in [0.717, 1.165) is 47.9 Å². The van der Waals surface area contributed by atoms with Crippen molar-refractivity contribution >= 4 is 23.3 Å². The first-order chi connectivity index (χ1) is 15.1. The van der Waals surface area contributed by atoms with Crippen LogP contribution in [-0.4, -0.2) is 33.8 Å². The molecule has 31 heavy (non-hydrogen) atoms. The lowest BCUT2D eigenvalue weighted by molar-refractivity contribution is -0.120. The highest BCUT2D eigenvalue weighted by Gasteiger charge is 2.46. The van der Waals surface area contributed by atoms with Crippen molar-refractivity contribution in [1.29, 1.82) is 0 Å². The number of nitrogens with zero attached hydrogens (tertiary/aromatic N) is 4. The summed E-state index contributed by atoms with van der Waals surface area (Å²) in [7, 11) is 1.85. The normalized spacial score (nSPS) is 21.4. The number of aromatic nitrogens is 3. The molecule has 1 aliphatic heterocycles. The highest BCUT2D eigenvalue weighted by atomic mass is 19.1. The third-order valence-corrected chi connectivity index (χ3v) is 6.30. The van der Waals surface area contributed by atoms with Crippen LogP contribution >= 0.6 is 0 Å². The molecule has 0 bridgehead atoms. The third kappa shape index (κ3) is 3.45. The molecule has 6 nitrogen and oxygen atoms in total. The molecule has 5 rings (SSSR count). The molecule has 0 saturated carbocycles. The number of halogens is 1. The molecule has 0 aliphatic carbocycles. The zero-order chi connectivity index (χ0) is 21.4. The summed E-state index contributed by atoms with van der Waals surface area (Å²) in [5.41, 5.74) is 2.32. The standard InChI is InChI=1S/C24H24FN4O2/c1-28-15-22(17-7-9-19(25)10-8-17)23(27-28)29(16-30)12-3-2-6-20(29)14-21-13-18-5-4-11-26-24(18)31-21/h4-5,7-11,13,15-16,20H,2-3,6,12,14H2,1H3/q+1. The molecule has 1 fully saturated rings. The summed E-state index contributed by atoms with van der Waals surface area (Å²) >= 11 is 0. The number of likely N-dealkylation sites (tertiary alicyclic amines) is 1. The second-order valence-electron chi connectivity index (χ2n) is 8.27. The maximum absolute atomic E-state index is 13.5. The molecule has 1 aliphatic rings.